The fraction of sp³-hybridized carbons (Fsp3) is 0.909. The summed E-state index contributed by atoms with van der Waals surface area (Å²) in [5.74, 6) is 0. The molecule has 1 saturated heterocycles. The van der Waals surface area contributed by atoms with Crippen molar-refractivity contribution in [3.8, 4) is 6.07 Å². The molecule has 1 rings (SSSR count). The van der Waals surface area contributed by atoms with Crippen LogP contribution in [-0.2, 0) is 0 Å². The standard InChI is InChI=1S/C11H22N4/c1-14-7-8-15(11(9-13)10-14)6-4-2-3-5-12/h11H,2-4,6-10,13H2,1H3. The Morgan fingerprint density at radius 1 is 1.40 bits per heavy atom. The van der Waals surface area contributed by atoms with Gasteiger partial charge in [-0.05, 0) is 26.4 Å². The van der Waals surface area contributed by atoms with E-state index in [1.807, 2.05) is 0 Å². The molecule has 1 atom stereocenters. The molecule has 4 nitrogen and oxygen atoms in total. The van der Waals surface area contributed by atoms with Crippen LogP contribution in [0.3, 0.4) is 0 Å². The van der Waals surface area contributed by atoms with Gasteiger partial charge in [0.05, 0.1) is 6.07 Å². The predicted molar refractivity (Wildman–Crippen MR) is 61.4 cm³/mol. The lowest BCUT2D eigenvalue weighted by molar-refractivity contribution is 0.0930. The van der Waals surface area contributed by atoms with Gasteiger partial charge in [0.15, 0.2) is 0 Å². The molecular weight excluding hydrogens is 188 g/mol. The Hall–Kier alpha value is -0.630. The van der Waals surface area contributed by atoms with Crippen molar-refractivity contribution >= 4 is 0 Å². The summed E-state index contributed by atoms with van der Waals surface area (Å²) in [5, 5.41) is 8.45. The molecule has 0 aromatic heterocycles. The molecule has 1 aliphatic heterocycles. The summed E-state index contributed by atoms with van der Waals surface area (Å²) in [5.41, 5.74) is 5.77. The third-order valence-electron chi connectivity index (χ3n) is 3.06. The fourth-order valence-electron chi connectivity index (χ4n) is 2.09. The summed E-state index contributed by atoms with van der Waals surface area (Å²) in [6.45, 7) is 5.16. The third-order valence-corrected chi connectivity index (χ3v) is 3.06. The Morgan fingerprint density at radius 2 is 2.20 bits per heavy atom. The third kappa shape index (κ3) is 4.17. The second-order valence-electron chi connectivity index (χ2n) is 4.30. The van der Waals surface area contributed by atoms with E-state index in [9.17, 15) is 0 Å². The van der Waals surface area contributed by atoms with Crippen molar-refractivity contribution in [1.82, 2.24) is 9.80 Å². The summed E-state index contributed by atoms with van der Waals surface area (Å²) in [6.07, 6.45) is 2.81. The van der Waals surface area contributed by atoms with Gasteiger partial charge in [0.25, 0.3) is 0 Å². The monoisotopic (exact) mass is 210 g/mol. The quantitative estimate of drug-likeness (QED) is 0.661. The highest BCUT2D eigenvalue weighted by Gasteiger charge is 2.22. The summed E-state index contributed by atoms with van der Waals surface area (Å²) in [6, 6.07) is 2.69. The molecule has 0 aromatic rings. The summed E-state index contributed by atoms with van der Waals surface area (Å²) in [4.78, 5) is 4.81. The van der Waals surface area contributed by atoms with Crippen molar-refractivity contribution < 1.29 is 0 Å². The summed E-state index contributed by atoms with van der Waals surface area (Å²) in [7, 11) is 2.15. The molecule has 4 heteroatoms. The average molecular weight is 210 g/mol. The van der Waals surface area contributed by atoms with Gasteiger partial charge >= 0.3 is 0 Å². The molecule has 0 bridgehead atoms. The van der Waals surface area contributed by atoms with E-state index in [-0.39, 0.29) is 0 Å². The zero-order valence-electron chi connectivity index (χ0n) is 9.65. The molecule has 0 spiro atoms. The number of likely N-dealkylation sites (N-methyl/N-ethyl adjacent to an activating group) is 1. The maximum Gasteiger partial charge on any atom is 0.0621 e. The first-order chi connectivity index (χ1) is 7.27. The Labute approximate surface area is 92.6 Å². The van der Waals surface area contributed by atoms with Gasteiger partial charge in [-0.1, -0.05) is 0 Å². The minimum absolute atomic E-state index is 0.505. The second-order valence-corrected chi connectivity index (χ2v) is 4.30. The van der Waals surface area contributed by atoms with E-state index in [1.165, 1.54) is 0 Å². The number of piperazine rings is 1. The lowest BCUT2D eigenvalue weighted by Gasteiger charge is -2.39. The van der Waals surface area contributed by atoms with Gasteiger partial charge in [0.2, 0.25) is 0 Å². The minimum Gasteiger partial charge on any atom is -0.329 e. The highest BCUT2D eigenvalue weighted by atomic mass is 15.3. The maximum absolute atomic E-state index is 8.45. The number of unbranched alkanes of at least 4 members (excludes halogenated alkanes) is 2. The highest BCUT2D eigenvalue weighted by Crippen LogP contribution is 2.09. The maximum atomic E-state index is 8.45. The van der Waals surface area contributed by atoms with Gasteiger partial charge in [0.1, 0.15) is 0 Å². The van der Waals surface area contributed by atoms with E-state index in [1.54, 1.807) is 0 Å². The molecule has 1 heterocycles. The topological polar surface area (TPSA) is 56.3 Å². The van der Waals surface area contributed by atoms with Crippen molar-refractivity contribution in [1.29, 1.82) is 5.26 Å². The Balaban J connectivity index is 2.24. The van der Waals surface area contributed by atoms with Crippen molar-refractivity contribution in [2.75, 3.05) is 39.8 Å². The smallest absolute Gasteiger partial charge is 0.0621 e. The van der Waals surface area contributed by atoms with Gasteiger partial charge in [-0.3, -0.25) is 4.90 Å². The second kappa shape index (κ2) is 6.78. The number of hydrogen-bond donors (Lipinski definition) is 1. The van der Waals surface area contributed by atoms with E-state index >= 15 is 0 Å². The van der Waals surface area contributed by atoms with Crippen LogP contribution >= 0.6 is 0 Å². The number of nitrogens with two attached hydrogens (primary N) is 1. The normalized spacial score (nSPS) is 23.9. The molecule has 1 aliphatic rings. The molecule has 1 unspecified atom stereocenters. The van der Waals surface area contributed by atoms with E-state index in [4.69, 9.17) is 11.0 Å². The van der Waals surface area contributed by atoms with E-state index in [2.05, 4.69) is 22.9 Å². The van der Waals surface area contributed by atoms with Gasteiger partial charge in [-0.25, -0.2) is 0 Å². The molecule has 86 valence electrons. The first-order valence-electron chi connectivity index (χ1n) is 5.77. The van der Waals surface area contributed by atoms with Crippen LogP contribution in [0.1, 0.15) is 19.3 Å². The van der Waals surface area contributed by atoms with Crippen LogP contribution in [0.4, 0.5) is 0 Å². The van der Waals surface area contributed by atoms with Crippen LogP contribution in [0, 0.1) is 11.3 Å². The summed E-state index contributed by atoms with van der Waals surface area (Å²) < 4.78 is 0. The largest absolute Gasteiger partial charge is 0.329 e. The summed E-state index contributed by atoms with van der Waals surface area (Å²) >= 11 is 0. The molecule has 15 heavy (non-hydrogen) atoms. The van der Waals surface area contributed by atoms with Gasteiger partial charge in [-0.2, -0.15) is 5.26 Å². The van der Waals surface area contributed by atoms with E-state index in [0.717, 1.165) is 45.6 Å². The average Bonchev–Trinajstić information content (AvgIpc) is 2.26. The molecule has 0 aliphatic carbocycles. The first kappa shape index (κ1) is 12.4. The Kier molecular flexibility index (Phi) is 5.62. The number of rotatable bonds is 5. The van der Waals surface area contributed by atoms with Crippen LogP contribution in [0.2, 0.25) is 0 Å². The zero-order chi connectivity index (χ0) is 11.1. The minimum atomic E-state index is 0.505. The molecule has 1 fully saturated rings. The molecule has 2 N–H and O–H groups in total. The molecular formula is C11H22N4. The van der Waals surface area contributed by atoms with Gasteiger partial charge < -0.3 is 10.6 Å². The number of hydrogen-bond acceptors (Lipinski definition) is 4. The molecule has 0 saturated carbocycles. The fourth-order valence-corrected chi connectivity index (χ4v) is 2.09. The van der Waals surface area contributed by atoms with Crippen molar-refractivity contribution in [2.24, 2.45) is 5.73 Å². The van der Waals surface area contributed by atoms with E-state index in [0.29, 0.717) is 12.5 Å². The van der Waals surface area contributed by atoms with Crippen LogP contribution in [0.5, 0.6) is 0 Å². The number of nitriles is 1. The molecule has 0 aromatic carbocycles. The van der Waals surface area contributed by atoms with Crippen LogP contribution in [0.25, 0.3) is 0 Å². The SMILES string of the molecule is CN1CCN(CCCCC#N)C(CN)C1. The zero-order valence-corrected chi connectivity index (χ0v) is 9.65. The Morgan fingerprint density at radius 3 is 2.87 bits per heavy atom. The highest BCUT2D eigenvalue weighted by molar-refractivity contribution is 4.81. The van der Waals surface area contributed by atoms with Gasteiger partial charge in [-0.15, -0.1) is 0 Å². The lowest BCUT2D eigenvalue weighted by Crippen LogP contribution is -2.54. The lowest BCUT2D eigenvalue weighted by atomic mass is 10.1. The molecule has 0 amide bonds. The van der Waals surface area contributed by atoms with Crippen molar-refractivity contribution in [3.63, 3.8) is 0 Å². The number of nitrogens with zero attached hydrogens (tertiary/aromatic N) is 3. The van der Waals surface area contributed by atoms with E-state index < -0.39 is 0 Å². The van der Waals surface area contributed by atoms with Crippen LogP contribution in [0.15, 0.2) is 0 Å². The first-order valence-corrected chi connectivity index (χ1v) is 5.77. The van der Waals surface area contributed by atoms with Crippen LogP contribution in [-0.4, -0.2) is 55.6 Å². The Bertz CT molecular complexity index is 211. The van der Waals surface area contributed by atoms with Crippen molar-refractivity contribution in [2.45, 2.75) is 25.3 Å². The van der Waals surface area contributed by atoms with Crippen LogP contribution < -0.4 is 5.73 Å². The van der Waals surface area contributed by atoms with Crippen molar-refractivity contribution in [3.05, 3.63) is 0 Å². The predicted octanol–water partition coefficient (Wildman–Crippen LogP) is 0.255. The molecule has 0 radical (unpaired) electrons. The van der Waals surface area contributed by atoms with Gasteiger partial charge in [0, 0.05) is 38.6 Å².